The molecule has 1 amide bonds. The molecule has 6 rings (SSSR count). The van der Waals surface area contributed by atoms with Crippen LogP contribution < -0.4 is 15.8 Å². The van der Waals surface area contributed by atoms with Gasteiger partial charge in [-0.1, -0.05) is 32.9 Å². The van der Waals surface area contributed by atoms with Crippen LogP contribution in [0.4, 0.5) is 17.2 Å². The van der Waals surface area contributed by atoms with Crippen LogP contribution in [0, 0.1) is 6.92 Å². The Morgan fingerprint density at radius 2 is 1.86 bits per heavy atom. The van der Waals surface area contributed by atoms with Crippen molar-refractivity contribution >= 4 is 42.3 Å². The van der Waals surface area contributed by atoms with Crippen LogP contribution in [0.3, 0.4) is 0 Å². The van der Waals surface area contributed by atoms with Crippen molar-refractivity contribution in [1.82, 2.24) is 24.5 Å². The SMILES string of the molecule is Cc1c(-c2cc(Nc3cc4n(n3)CCN(C)C4)c(=O)n(COP(=O)(O)O)n2)cccc1N1Cc2cc(C(C)(C)C)sc2C1=O. The molecular formula is C29H34N7O6PS. The number of hydrogen-bond donors (Lipinski definition) is 3. The average molecular weight is 640 g/mol. The maximum absolute atomic E-state index is 13.5. The van der Waals surface area contributed by atoms with Crippen LogP contribution in [0.5, 0.6) is 0 Å². The Bertz CT molecular complexity index is 1890. The van der Waals surface area contributed by atoms with Crippen molar-refractivity contribution in [3.63, 3.8) is 0 Å². The van der Waals surface area contributed by atoms with E-state index in [4.69, 9.17) is 0 Å². The van der Waals surface area contributed by atoms with Gasteiger partial charge in [0.1, 0.15) is 5.69 Å². The van der Waals surface area contributed by atoms with E-state index in [1.165, 1.54) is 11.3 Å². The first kappa shape index (κ1) is 30.4. The normalized spacial score (nSPS) is 15.5. The molecule has 0 radical (unpaired) electrons. The number of fused-ring (bicyclic) bond motifs is 2. The van der Waals surface area contributed by atoms with Gasteiger partial charge in [-0.05, 0) is 48.7 Å². The van der Waals surface area contributed by atoms with E-state index in [-0.39, 0.29) is 17.0 Å². The van der Waals surface area contributed by atoms with Gasteiger partial charge in [0.05, 0.1) is 29.4 Å². The van der Waals surface area contributed by atoms with Crippen LogP contribution in [0.15, 0.2) is 41.2 Å². The van der Waals surface area contributed by atoms with Gasteiger partial charge in [-0.25, -0.2) is 9.25 Å². The molecule has 0 bridgehead atoms. The second kappa shape index (κ2) is 11.1. The van der Waals surface area contributed by atoms with Gasteiger partial charge in [-0.2, -0.15) is 10.2 Å². The zero-order chi connectivity index (χ0) is 31.6. The molecule has 0 unspecified atom stereocenters. The minimum absolute atomic E-state index is 0.0494. The molecule has 44 heavy (non-hydrogen) atoms. The second-order valence-corrected chi connectivity index (χ2v) is 14.5. The fraction of sp³-hybridized carbons (Fsp3) is 0.379. The number of nitrogens with one attached hydrogen (secondary N) is 1. The quantitative estimate of drug-likeness (QED) is 0.251. The second-order valence-electron chi connectivity index (χ2n) is 12.2. The number of phosphoric acid groups is 1. The topological polar surface area (TPSA) is 155 Å². The monoisotopic (exact) mass is 639 g/mol. The summed E-state index contributed by atoms with van der Waals surface area (Å²) in [7, 11) is -2.87. The lowest BCUT2D eigenvalue weighted by molar-refractivity contribution is 0.0999. The Labute approximate surface area is 257 Å². The highest BCUT2D eigenvalue weighted by atomic mass is 32.1. The number of nitrogens with zero attached hydrogens (tertiary/aromatic N) is 6. The summed E-state index contributed by atoms with van der Waals surface area (Å²) >= 11 is 1.53. The number of carbonyl (C=O) groups is 1. The van der Waals surface area contributed by atoms with Gasteiger partial charge in [-0.3, -0.25) is 23.7 Å². The number of hydrogen-bond acceptors (Lipinski definition) is 9. The highest BCUT2D eigenvalue weighted by Gasteiger charge is 2.34. The molecular weight excluding hydrogens is 605 g/mol. The number of thiophene rings is 1. The zero-order valence-electron chi connectivity index (χ0n) is 25.1. The first-order chi connectivity index (χ1) is 20.7. The molecule has 232 valence electrons. The summed E-state index contributed by atoms with van der Waals surface area (Å²) in [6, 6.07) is 11.1. The largest absolute Gasteiger partial charge is 0.471 e. The predicted molar refractivity (Wildman–Crippen MR) is 167 cm³/mol. The summed E-state index contributed by atoms with van der Waals surface area (Å²) in [5.74, 6) is 0.395. The summed E-state index contributed by atoms with van der Waals surface area (Å²) in [5.41, 5.74) is 3.85. The molecule has 0 fully saturated rings. The standard InChI is InChI=1S/C29H34N7O6PS/c1-17-20(7-6-8-23(17)34-14-18-11-24(29(2,3)4)44-26(18)28(34)38)21-13-22(27(37)36(31-21)16-42-43(39,40)41)30-25-12-19-15-33(5)9-10-35(19)32-25/h6-8,11-13H,9-10,14-16H2,1-5H3,(H,30,32)(H2,39,40,41). The molecule has 3 aromatic heterocycles. The van der Waals surface area contributed by atoms with Crippen LogP contribution in [0.25, 0.3) is 11.3 Å². The van der Waals surface area contributed by atoms with Crippen molar-refractivity contribution < 1.29 is 23.7 Å². The number of rotatable bonds is 7. The van der Waals surface area contributed by atoms with Crippen LogP contribution >= 0.6 is 19.2 Å². The average Bonchev–Trinajstić information content (AvgIpc) is 3.62. The van der Waals surface area contributed by atoms with Gasteiger partial charge >= 0.3 is 7.82 Å². The van der Waals surface area contributed by atoms with Gasteiger partial charge < -0.3 is 20.0 Å². The maximum atomic E-state index is 13.5. The molecule has 3 N–H and O–H groups in total. The summed E-state index contributed by atoms with van der Waals surface area (Å²) < 4.78 is 18.9. The van der Waals surface area contributed by atoms with Crippen molar-refractivity contribution in [3.05, 3.63) is 73.3 Å². The summed E-state index contributed by atoms with van der Waals surface area (Å²) in [4.78, 5) is 51.3. The first-order valence-electron chi connectivity index (χ1n) is 14.1. The smallest absolute Gasteiger partial charge is 0.334 e. The van der Waals surface area contributed by atoms with E-state index < -0.39 is 20.1 Å². The van der Waals surface area contributed by atoms with E-state index in [9.17, 15) is 23.9 Å². The van der Waals surface area contributed by atoms with Crippen LogP contribution in [-0.4, -0.2) is 53.7 Å². The molecule has 0 saturated heterocycles. The van der Waals surface area contributed by atoms with Crippen LogP contribution in [0.2, 0.25) is 0 Å². The van der Waals surface area contributed by atoms with Gasteiger partial charge in [0.2, 0.25) is 0 Å². The Morgan fingerprint density at radius 1 is 1.09 bits per heavy atom. The van der Waals surface area contributed by atoms with E-state index in [0.29, 0.717) is 42.4 Å². The molecule has 0 spiro atoms. The third-order valence-corrected chi connectivity index (χ3v) is 9.80. The zero-order valence-corrected chi connectivity index (χ0v) is 26.8. The summed E-state index contributed by atoms with van der Waals surface area (Å²) in [5, 5.41) is 12.1. The lowest BCUT2D eigenvalue weighted by Crippen LogP contribution is -2.30. The molecule has 13 nitrogen and oxygen atoms in total. The van der Waals surface area contributed by atoms with Crippen LogP contribution in [0.1, 0.15) is 52.1 Å². The molecule has 15 heteroatoms. The number of likely N-dealkylation sites (N-methyl/N-ethyl adjacent to an activating group) is 1. The number of benzene rings is 1. The van der Waals surface area contributed by atoms with Crippen molar-refractivity contribution in [3.8, 4) is 11.3 Å². The van der Waals surface area contributed by atoms with E-state index in [1.807, 2.05) is 42.9 Å². The minimum Gasteiger partial charge on any atom is -0.334 e. The first-order valence-corrected chi connectivity index (χ1v) is 16.4. The van der Waals surface area contributed by atoms with Gasteiger partial charge in [0.15, 0.2) is 12.5 Å². The number of aromatic nitrogens is 4. The third-order valence-electron chi connectivity index (χ3n) is 7.76. The van der Waals surface area contributed by atoms with E-state index in [1.54, 1.807) is 11.0 Å². The predicted octanol–water partition coefficient (Wildman–Crippen LogP) is 4.19. The fourth-order valence-electron chi connectivity index (χ4n) is 5.43. The lowest BCUT2D eigenvalue weighted by atomic mass is 9.94. The van der Waals surface area contributed by atoms with E-state index in [2.05, 4.69) is 51.8 Å². The van der Waals surface area contributed by atoms with Gasteiger partial charge in [0.25, 0.3) is 11.5 Å². The van der Waals surface area contributed by atoms with Gasteiger partial charge in [0, 0.05) is 35.3 Å². The van der Waals surface area contributed by atoms with Crippen molar-refractivity contribution in [2.45, 2.75) is 59.5 Å². The van der Waals surface area contributed by atoms with E-state index in [0.717, 1.165) is 37.8 Å². The number of carbonyl (C=O) groups excluding carboxylic acids is 1. The minimum atomic E-state index is -4.89. The summed E-state index contributed by atoms with van der Waals surface area (Å²) in [6.45, 7) is 10.2. The molecule has 5 heterocycles. The van der Waals surface area contributed by atoms with Crippen molar-refractivity contribution in [2.75, 3.05) is 23.8 Å². The highest BCUT2D eigenvalue weighted by molar-refractivity contribution is 7.46. The van der Waals surface area contributed by atoms with Crippen molar-refractivity contribution in [1.29, 1.82) is 0 Å². The molecule has 2 aliphatic rings. The summed E-state index contributed by atoms with van der Waals surface area (Å²) in [6.07, 6.45) is 0. The molecule has 0 aliphatic carbocycles. The number of phosphoric ester groups is 1. The Hall–Kier alpha value is -3.65. The Kier molecular flexibility index (Phi) is 7.63. The van der Waals surface area contributed by atoms with Gasteiger partial charge in [-0.15, -0.1) is 11.3 Å². The Morgan fingerprint density at radius 3 is 2.57 bits per heavy atom. The molecule has 0 saturated carbocycles. The van der Waals surface area contributed by atoms with Crippen LogP contribution in [-0.2, 0) is 40.9 Å². The maximum Gasteiger partial charge on any atom is 0.471 e. The number of amides is 1. The lowest BCUT2D eigenvalue weighted by Gasteiger charge is -2.22. The molecule has 1 aromatic carbocycles. The number of anilines is 3. The Balaban J connectivity index is 1.37. The molecule has 2 aliphatic heterocycles. The van der Waals surface area contributed by atoms with Crippen molar-refractivity contribution in [2.24, 2.45) is 0 Å². The highest BCUT2D eigenvalue weighted by Crippen LogP contribution is 2.41. The third kappa shape index (κ3) is 5.88. The van der Waals surface area contributed by atoms with E-state index >= 15 is 0 Å². The molecule has 4 aromatic rings. The molecule has 0 atom stereocenters. The fourth-order valence-corrected chi connectivity index (χ4v) is 6.87.